The van der Waals surface area contributed by atoms with Gasteiger partial charge in [0.05, 0.1) is 5.92 Å². The Kier molecular flexibility index (Phi) is 4.52. The Morgan fingerprint density at radius 2 is 1.90 bits per heavy atom. The van der Waals surface area contributed by atoms with Crippen LogP contribution in [-0.2, 0) is 11.3 Å². The molecule has 0 saturated carbocycles. The van der Waals surface area contributed by atoms with Crippen molar-refractivity contribution in [3.05, 3.63) is 72.0 Å². The number of carbonyl (C=O) groups is 1. The number of likely N-dealkylation sites (tertiary alicyclic amines) is 1. The highest BCUT2D eigenvalue weighted by atomic mass is 19.1. The quantitative estimate of drug-likeness (QED) is 0.538. The summed E-state index contributed by atoms with van der Waals surface area (Å²) in [7, 11) is 0. The SMILES string of the molecule is O=C(O)C1CN(Cc2ccc(-c3noc(-c4cccc(F)c4)n3)c3ccccc23)C1. The molecule has 6 nitrogen and oxygen atoms in total. The van der Waals surface area contributed by atoms with E-state index < -0.39 is 5.97 Å². The molecular weight excluding hydrogens is 385 g/mol. The molecule has 3 aromatic carbocycles. The van der Waals surface area contributed by atoms with Gasteiger partial charge in [-0.1, -0.05) is 47.6 Å². The molecule has 1 saturated heterocycles. The summed E-state index contributed by atoms with van der Waals surface area (Å²) in [4.78, 5) is 17.6. The third kappa shape index (κ3) is 3.33. The molecule has 1 aromatic heterocycles. The minimum absolute atomic E-state index is 0.262. The zero-order valence-corrected chi connectivity index (χ0v) is 16.0. The van der Waals surface area contributed by atoms with Gasteiger partial charge >= 0.3 is 5.97 Å². The maximum atomic E-state index is 13.5. The normalized spacial score (nSPS) is 14.7. The van der Waals surface area contributed by atoms with E-state index in [4.69, 9.17) is 9.63 Å². The average Bonchev–Trinajstić information content (AvgIpc) is 3.20. The van der Waals surface area contributed by atoms with Gasteiger partial charge in [-0.15, -0.1) is 0 Å². The molecule has 0 spiro atoms. The van der Waals surface area contributed by atoms with E-state index in [0.29, 0.717) is 31.0 Å². The third-order valence-electron chi connectivity index (χ3n) is 5.45. The first-order chi connectivity index (χ1) is 14.6. The van der Waals surface area contributed by atoms with Gasteiger partial charge in [-0.3, -0.25) is 9.69 Å². The summed E-state index contributed by atoms with van der Waals surface area (Å²) in [5, 5.41) is 15.2. The predicted molar refractivity (Wildman–Crippen MR) is 109 cm³/mol. The second-order valence-corrected chi connectivity index (χ2v) is 7.48. The second-order valence-electron chi connectivity index (χ2n) is 7.48. The zero-order valence-electron chi connectivity index (χ0n) is 16.0. The van der Waals surface area contributed by atoms with Crippen LogP contribution in [0, 0.1) is 11.7 Å². The van der Waals surface area contributed by atoms with E-state index in [-0.39, 0.29) is 17.6 Å². The number of hydrogen-bond donors (Lipinski definition) is 1. The Labute approximate surface area is 171 Å². The smallest absolute Gasteiger partial charge is 0.309 e. The number of nitrogens with zero attached hydrogens (tertiary/aromatic N) is 3. The van der Waals surface area contributed by atoms with Gasteiger partial charge in [0.15, 0.2) is 0 Å². The lowest BCUT2D eigenvalue weighted by molar-refractivity contribution is -0.147. The fourth-order valence-corrected chi connectivity index (χ4v) is 3.86. The van der Waals surface area contributed by atoms with Crippen molar-refractivity contribution in [3.8, 4) is 22.8 Å². The lowest BCUT2D eigenvalue weighted by Crippen LogP contribution is -2.49. The van der Waals surface area contributed by atoms with Crippen LogP contribution in [0.5, 0.6) is 0 Å². The van der Waals surface area contributed by atoms with Crippen LogP contribution in [0.15, 0.2) is 65.2 Å². The fraction of sp³-hybridized carbons (Fsp3) is 0.174. The number of benzene rings is 3. The number of aliphatic carboxylic acids is 1. The highest BCUT2D eigenvalue weighted by molar-refractivity contribution is 5.97. The molecule has 0 amide bonds. The van der Waals surface area contributed by atoms with E-state index in [1.54, 1.807) is 12.1 Å². The minimum atomic E-state index is -0.738. The van der Waals surface area contributed by atoms with E-state index >= 15 is 0 Å². The molecule has 0 atom stereocenters. The molecule has 5 rings (SSSR count). The number of hydrogen-bond acceptors (Lipinski definition) is 5. The van der Waals surface area contributed by atoms with Gasteiger partial charge in [0.2, 0.25) is 5.82 Å². The monoisotopic (exact) mass is 403 g/mol. The van der Waals surface area contributed by atoms with Crippen molar-refractivity contribution in [2.24, 2.45) is 5.92 Å². The molecule has 7 heteroatoms. The van der Waals surface area contributed by atoms with Crippen LogP contribution in [0.1, 0.15) is 5.56 Å². The predicted octanol–water partition coefficient (Wildman–Crippen LogP) is 4.21. The van der Waals surface area contributed by atoms with Gasteiger partial charge < -0.3 is 9.63 Å². The van der Waals surface area contributed by atoms with Crippen molar-refractivity contribution in [2.75, 3.05) is 13.1 Å². The fourth-order valence-electron chi connectivity index (χ4n) is 3.86. The first kappa shape index (κ1) is 18.4. The summed E-state index contributed by atoms with van der Waals surface area (Å²) in [5.74, 6) is -0.684. The summed E-state index contributed by atoms with van der Waals surface area (Å²) < 4.78 is 18.9. The van der Waals surface area contributed by atoms with Crippen LogP contribution in [0.25, 0.3) is 33.6 Å². The average molecular weight is 403 g/mol. The molecule has 0 radical (unpaired) electrons. The lowest BCUT2D eigenvalue weighted by atomic mass is 9.95. The van der Waals surface area contributed by atoms with Crippen molar-refractivity contribution in [1.82, 2.24) is 15.0 Å². The van der Waals surface area contributed by atoms with Crippen LogP contribution in [-0.4, -0.2) is 39.2 Å². The second kappa shape index (κ2) is 7.35. The van der Waals surface area contributed by atoms with Crippen molar-refractivity contribution in [1.29, 1.82) is 0 Å². The molecular formula is C23H18FN3O3. The Morgan fingerprint density at radius 1 is 1.10 bits per heavy atom. The van der Waals surface area contributed by atoms with Crippen molar-refractivity contribution < 1.29 is 18.8 Å². The molecule has 1 fully saturated rings. The van der Waals surface area contributed by atoms with Crippen LogP contribution in [0.4, 0.5) is 4.39 Å². The topological polar surface area (TPSA) is 79.5 Å². The number of carboxylic acid groups (broad SMARTS) is 1. The Hall–Kier alpha value is -3.58. The highest BCUT2D eigenvalue weighted by Crippen LogP contribution is 2.32. The van der Waals surface area contributed by atoms with Gasteiger partial charge in [0.1, 0.15) is 5.82 Å². The number of rotatable bonds is 5. The number of fused-ring (bicyclic) bond motifs is 1. The molecule has 4 aromatic rings. The van der Waals surface area contributed by atoms with Gasteiger partial charge in [0, 0.05) is 30.8 Å². The van der Waals surface area contributed by atoms with Crippen LogP contribution in [0.3, 0.4) is 0 Å². The van der Waals surface area contributed by atoms with E-state index in [1.807, 2.05) is 36.4 Å². The van der Waals surface area contributed by atoms with Crippen molar-refractivity contribution in [3.63, 3.8) is 0 Å². The van der Waals surface area contributed by atoms with Crippen molar-refractivity contribution in [2.45, 2.75) is 6.54 Å². The standard InChI is InChI=1S/C23H18FN3O3/c24-17-5-3-4-14(10-17)22-25-21(26-30-22)20-9-8-15(18-6-1-2-7-19(18)20)11-27-12-16(13-27)23(28)29/h1-10,16H,11-13H2,(H,28,29). The van der Waals surface area contributed by atoms with Gasteiger partial charge in [-0.25, -0.2) is 4.39 Å². The van der Waals surface area contributed by atoms with Crippen LogP contribution >= 0.6 is 0 Å². The number of carboxylic acids is 1. The molecule has 150 valence electrons. The van der Waals surface area contributed by atoms with Gasteiger partial charge in [-0.05, 0) is 34.5 Å². The maximum Gasteiger partial charge on any atom is 0.309 e. The molecule has 0 bridgehead atoms. The first-order valence-corrected chi connectivity index (χ1v) is 9.64. The van der Waals surface area contributed by atoms with E-state index in [2.05, 4.69) is 15.0 Å². The third-order valence-corrected chi connectivity index (χ3v) is 5.45. The number of aromatic nitrogens is 2. The lowest BCUT2D eigenvalue weighted by Gasteiger charge is -2.36. The molecule has 0 aliphatic carbocycles. The highest BCUT2D eigenvalue weighted by Gasteiger charge is 2.32. The van der Waals surface area contributed by atoms with Crippen LogP contribution in [0.2, 0.25) is 0 Å². The first-order valence-electron chi connectivity index (χ1n) is 9.64. The van der Waals surface area contributed by atoms with Crippen molar-refractivity contribution >= 4 is 16.7 Å². The molecule has 2 heterocycles. The van der Waals surface area contributed by atoms with Gasteiger partial charge in [0.25, 0.3) is 5.89 Å². The molecule has 1 aliphatic heterocycles. The summed E-state index contributed by atoms with van der Waals surface area (Å²) >= 11 is 0. The molecule has 30 heavy (non-hydrogen) atoms. The molecule has 1 aliphatic rings. The largest absolute Gasteiger partial charge is 0.481 e. The van der Waals surface area contributed by atoms with E-state index in [0.717, 1.165) is 21.9 Å². The van der Waals surface area contributed by atoms with E-state index in [1.165, 1.54) is 12.1 Å². The molecule has 0 unspecified atom stereocenters. The summed E-state index contributed by atoms with van der Waals surface area (Å²) in [6.07, 6.45) is 0. The number of halogens is 1. The molecule has 1 N–H and O–H groups in total. The Balaban J connectivity index is 1.47. The minimum Gasteiger partial charge on any atom is -0.481 e. The summed E-state index contributed by atoms with van der Waals surface area (Å²) in [6, 6.07) is 18.0. The summed E-state index contributed by atoms with van der Waals surface area (Å²) in [5.41, 5.74) is 2.47. The summed E-state index contributed by atoms with van der Waals surface area (Å²) in [6.45, 7) is 1.81. The van der Waals surface area contributed by atoms with E-state index in [9.17, 15) is 9.18 Å². The Morgan fingerprint density at radius 3 is 2.67 bits per heavy atom. The Bertz CT molecular complexity index is 1250. The zero-order chi connectivity index (χ0) is 20.7. The maximum absolute atomic E-state index is 13.5. The van der Waals surface area contributed by atoms with Gasteiger partial charge in [-0.2, -0.15) is 4.98 Å². The van der Waals surface area contributed by atoms with Crippen LogP contribution < -0.4 is 0 Å².